The minimum absolute atomic E-state index is 0.0937. The first-order valence-electron chi connectivity index (χ1n) is 10.1. The van der Waals surface area contributed by atoms with Gasteiger partial charge in [0.15, 0.2) is 5.69 Å². The molecule has 2 aromatic rings. The fraction of sp³-hybridized carbons (Fsp3) is 0.500. The Kier molecular flexibility index (Phi) is 8.10. The Morgan fingerprint density at radius 1 is 0.871 bits per heavy atom. The van der Waals surface area contributed by atoms with Crippen LogP contribution < -0.4 is 5.32 Å². The molecule has 2 rings (SSSR count). The van der Waals surface area contributed by atoms with Crippen molar-refractivity contribution in [2.45, 2.75) is 57.5 Å². The molecule has 0 saturated carbocycles. The highest BCUT2D eigenvalue weighted by Gasteiger charge is 2.40. The highest BCUT2D eigenvalue weighted by Crippen LogP contribution is 2.37. The van der Waals surface area contributed by atoms with Gasteiger partial charge in [-0.25, -0.2) is 4.98 Å². The van der Waals surface area contributed by atoms with E-state index < -0.39 is 34.8 Å². The number of pyridine rings is 1. The van der Waals surface area contributed by atoms with Crippen molar-refractivity contribution in [3.63, 3.8) is 0 Å². The number of halogens is 6. The second-order valence-corrected chi connectivity index (χ2v) is 7.68. The van der Waals surface area contributed by atoms with Crippen molar-refractivity contribution >= 4 is 0 Å². The van der Waals surface area contributed by atoms with Gasteiger partial charge in [-0.3, -0.25) is 0 Å². The predicted molar refractivity (Wildman–Crippen MR) is 106 cm³/mol. The molecular formula is C22H26F6N2O. The first-order valence-corrected chi connectivity index (χ1v) is 10.1. The highest BCUT2D eigenvalue weighted by molar-refractivity contribution is 5.60. The van der Waals surface area contributed by atoms with Crippen LogP contribution in [0.15, 0.2) is 36.4 Å². The van der Waals surface area contributed by atoms with E-state index >= 15 is 0 Å². The first-order chi connectivity index (χ1) is 14.4. The van der Waals surface area contributed by atoms with E-state index in [1.54, 1.807) is 0 Å². The molecule has 0 amide bonds. The van der Waals surface area contributed by atoms with Crippen LogP contribution in [0.2, 0.25) is 0 Å². The molecule has 0 bridgehead atoms. The second kappa shape index (κ2) is 9.99. The average molecular weight is 448 g/mol. The molecular weight excluding hydrogens is 422 g/mol. The van der Waals surface area contributed by atoms with Crippen molar-refractivity contribution in [1.29, 1.82) is 0 Å². The van der Waals surface area contributed by atoms with Gasteiger partial charge >= 0.3 is 12.4 Å². The van der Waals surface area contributed by atoms with Crippen molar-refractivity contribution in [3.8, 4) is 11.3 Å². The molecule has 3 nitrogen and oxygen atoms in total. The molecule has 1 atom stereocenters. The molecule has 1 aromatic carbocycles. The van der Waals surface area contributed by atoms with Gasteiger partial charge in [-0.05, 0) is 38.1 Å². The Hall–Kier alpha value is -2.13. The summed E-state index contributed by atoms with van der Waals surface area (Å²) in [5.41, 5.74) is -4.41. The number of aliphatic hydroxyl groups is 1. The van der Waals surface area contributed by atoms with Crippen molar-refractivity contribution < 1.29 is 31.4 Å². The summed E-state index contributed by atoms with van der Waals surface area (Å²) in [6.07, 6.45) is -5.43. The number of rotatable bonds is 9. The molecule has 1 unspecified atom stereocenters. The zero-order chi connectivity index (χ0) is 23.3. The van der Waals surface area contributed by atoms with Crippen LogP contribution in [0.25, 0.3) is 11.3 Å². The SMILES string of the molecule is CCCCCCNCC(C)(O)c1ccc(-c2ccc(C(F)(F)F)cc2)nc1C(F)(F)F. The Bertz CT molecular complexity index is 845. The molecule has 0 aliphatic carbocycles. The van der Waals surface area contributed by atoms with Crippen molar-refractivity contribution in [3.05, 3.63) is 53.2 Å². The molecule has 1 heterocycles. The maximum atomic E-state index is 13.7. The third kappa shape index (κ3) is 6.93. The fourth-order valence-corrected chi connectivity index (χ4v) is 3.20. The predicted octanol–water partition coefficient (Wildman–Crippen LogP) is 6.16. The lowest BCUT2D eigenvalue weighted by atomic mass is 9.93. The van der Waals surface area contributed by atoms with Gasteiger partial charge in [0, 0.05) is 17.7 Å². The number of aromatic nitrogens is 1. The summed E-state index contributed by atoms with van der Waals surface area (Å²) in [5, 5.41) is 13.7. The van der Waals surface area contributed by atoms with Gasteiger partial charge in [-0.15, -0.1) is 0 Å². The summed E-state index contributed by atoms with van der Waals surface area (Å²) >= 11 is 0. The average Bonchev–Trinajstić information content (AvgIpc) is 2.69. The lowest BCUT2D eigenvalue weighted by Gasteiger charge is -2.27. The summed E-state index contributed by atoms with van der Waals surface area (Å²) in [6.45, 7) is 3.81. The summed E-state index contributed by atoms with van der Waals surface area (Å²) in [5.74, 6) is 0. The number of unbranched alkanes of at least 4 members (excludes halogenated alkanes) is 3. The lowest BCUT2D eigenvalue weighted by molar-refractivity contribution is -0.144. The molecule has 2 N–H and O–H groups in total. The van der Waals surface area contributed by atoms with E-state index in [0.29, 0.717) is 6.54 Å². The van der Waals surface area contributed by atoms with E-state index in [2.05, 4.69) is 17.2 Å². The van der Waals surface area contributed by atoms with E-state index in [-0.39, 0.29) is 17.8 Å². The molecule has 172 valence electrons. The number of hydrogen-bond donors (Lipinski definition) is 2. The third-order valence-electron chi connectivity index (χ3n) is 4.93. The fourth-order valence-electron chi connectivity index (χ4n) is 3.20. The summed E-state index contributed by atoms with van der Waals surface area (Å²) in [4.78, 5) is 3.65. The summed E-state index contributed by atoms with van der Waals surface area (Å²) in [6, 6.07) is 6.11. The molecule has 1 aromatic heterocycles. The quantitative estimate of drug-likeness (QED) is 0.357. The van der Waals surface area contributed by atoms with Crippen LogP contribution >= 0.6 is 0 Å². The molecule has 31 heavy (non-hydrogen) atoms. The minimum Gasteiger partial charge on any atom is -0.384 e. The second-order valence-electron chi connectivity index (χ2n) is 7.68. The maximum Gasteiger partial charge on any atom is 0.433 e. The number of nitrogens with zero attached hydrogens (tertiary/aromatic N) is 1. The van der Waals surface area contributed by atoms with E-state index in [9.17, 15) is 31.4 Å². The Balaban J connectivity index is 2.27. The zero-order valence-electron chi connectivity index (χ0n) is 17.4. The monoisotopic (exact) mass is 448 g/mol. The lowest BCUT2D eigenvalue weighted by Crippen LogP contribution is -2.38. The van der Waals surface area contributed by atoms with Crippen LogP contribution in [0.4, 0.5) is 26.3 Å². The molecule has 9 heteroatoms. The van der Waals surface area contributed by atoms with E-state index in [1.807, 2.05) is 0 Å². The molecule has 0 radical (unpaired) electrons. The standard InChI is InChI=1S/C22H26F6N2O/c1-3-4-5-6-13-29-14-20(2,31)17-11-12-18(30-19(17)22(26,27)28)15-7-9-16(10-8-15)21(23,24)25/h7-12,29,31H,3-6,13-14H2,1-2H3. The number of hydrogen-bond acceptors (Lipinski definition) is 3. The van der Waals surface area contributed by atoms with Crippen LogP contribution in [-0.2, 0) is 18.0 Å². The van der Waals surface area contributed by atoms with Gasteiger partial charge in [0.2, 0.25) is 0 Å². The number of alkyl halides is 6. The Labute approximate surface area is 177 Å². The third-order valence-corrected chi connectivity index (χ3v) is 4.93. The zero-order valence-corrected chi connectivity index (χ0v) is 17.4. The van der Waals surface area contributed by atoms with Gasteiger partial charge in [-0.1, -0.05) is 44.4 Å². The summed E-state index contributed by atoms with van der Waals surface area (Å²) < 4.78 is 79.2. The van der Waals surface area contributed by atoms with Gasteiger partial charge in [-0.2, -0.15) is 26.3 Å². The smallest absolute Gasteiger partial charge is 0.384 e. The normalized spacial score (nSPS) is 14.5. The van der Waals surface area contributed by atoms with Crippen molar-refractivity contribution in [1.82, 2.24) is 10.3 Å². The number of nitrogens with one attached hydrogen (secondary N) is 1. The topological polar surface area (TPSA) is 45.1 Å². The van der Waals surface area contributed by atoms with Crippen LogP contribution in [0.3, 0.4) is 0 Å². The van der Waals surface area contributed by atoms with Crippen molar-refractivity contribution in [2.24, 2.45) is 0 Å². The molecule has 0 aliphatic rings. The molecule has 0 saturated heterocycles. The van der Waals surface area contributed by atoms with Crippen LogP contribution in [0, 0.1) is 0 Å². The summed E-state index contributed by atoms with van der Waals surface area (Å²) in [7, 11) is 0. The largest absolute Gasteiger partial charge is 0.433 e. The highest BCUT2D eigenvalue weighted by atomic mass is 19.4. The van der Waals surface area contributed by atoms with Gasteiger partial charge in [0.05, 0.1) is 11.3 Å². The maximum absolute atomic E-state index is 13.7. The van der Waals surface area contributed by atoms with Gasteiger partial charge in [0.1, 0.15) is 5.60 Å². The van der Waals surface area contributed by atoms with Crippen LogP contribution in [0.1, 0.15) is 56.4 Å². The first kappa shape index (κ1) is 25.1. The van der Waals surface area contributed by atoms with E-state index in [0.717, 1.165) is 56.0 Å². The van der Waals surface area contributed by atoms with Crippen molar-refractivity contribution in [2.75, 3.05) is 13.1 Å². The Morgan fingerprint density at radius 2 is 1.52 bits per heavy atom. The van der Waals surface area contributed by atoms with Gasteiger partial charge < -0.3 is 10.4 Å². The van der Waals surface area contributed by atoms with Crippen LogP contribution in [-0.4, -0.2) is 23.2 Å². The molecule has 0 aliphatic heterocycles. The van der Waals surface area contributed by atoms with E-state index in [1.165, 1.54) is 13.0 Å². The number of benzene rings is 1. The van der Waals surface area contributed by atoms with E-state index in [4.69, 9.17) is 0 Å². The Morgan fingerprint density at radius 3 is 2.06 bits per heavy atom. The van der Waals surface area contributed by atoms with Gasteiger partial charge in [0.25, 0.3) is 0 Å². The van der Waals surface area contributed by atoms with Crippen LogP contribution in [0.5, 0.6) is 0 Å². The molecule has 0 spiro atoms. The molecule has 0 fully saturated rings. The minimum atomic E-state index is -4.84.